The molecule has 2 N–H and O–H groups in total. The number of nitrogens with one attached hydrogen (secondary N) is 2. The molecule has 0 aliphatic carbocycles. The average molecular weight is 457 g/mol. The Labute approximate surface area is 196 Å². The molecule has 1 aromatic heterocycles. The molecule has 0 fully saturated rings. The van der Waals surface area contributed by atoms with E-state index in [2.05, 4.69) is 10.6 Å². The summed E-state index contributed by atoms with van der Waals surface area (Å²) >= 11 is 0. The summed E-state index contributed by atoms with van der Waals surface area (Å²) < 4.78 is 8.35. The molecule has 1 amide bonds. The molecule has 3 aromatic carbocycles. The highest BCUT2D eigenvalue weighted by molar-refractivity contribution is 5.99. The third-order valence-corrected chi connectivity index (χ3v) is 5.35. The molecule has 0 radical (unpaired) electrons. The standard InChI is InChI=1S/C26H24N4O4/c1-18-24(25(32)30(29(18)2)20-13-7-4-8-14-20)28-23(31)17-34-26(33)21-15-9-10-16-22(21)27-19-11-5-3-6-12-19/h3-16,27H,17H2,1-2H3,(H,28,31). The van der Waals surface area contributed by atoms with Crippen LogP contribution in [0, 0.1) is 6.92 Å². The van der Waals surface area contributed by atoms with Crippen molar-refractivity contribution in [1.29, 1.82) is 0 Å². The predicted molar refractivity (Wildman–Crippen MR) is 131 cm³/mol. The van der Waals surface area contributed by atoms with Crippen LogP contribution in [0.15, 0.2) is 89.7 Å². The van der Waals surface area contributed by atoms with Crippen LogP contribution >= 0.6 is 0 Å². The van der Waals surface area contributed by atoms with Crippen molar-refractivity contribution >= 4 is 28.9 Å². The molecule has 4 aromatic rings. The maximum atomic E-state index is 12.9. The Hall–Kier alpha value is -4.59. The second-order valence-electron chi connectivity index (χ2n) is 7.60. The van der Waals surface area contributed by atoms with E-state index in [4.69, 9.17) is 4.74 Å². The fourth-order valence-corrected chi connectivity index (χ4v) is 3.54. The Morgan fingerprint density at radius 2 is 1.50 bits per heavy atom. The highest BCUT2D eigenvalue weighted by Gasteiger charge is 2.20. The van der Waals surface area contributed by atoms with Crippen LogP contribution in [0.2, 0.25) is 0 Å². The van der Waals surface area contributed by atoms with Gasteiger partial charge in [-0.05, 0) is 43.3 Å². The zero-order valence-corrected chi connectivity index (χ0v) is 18.8. The number of benzene rings is 3. The van der Waals surface area contributed by atoms with Crippen molar-refractivity contribution in [3.05, 3.63) is 107 Å². The third kappa shape index (κ3) is 4.75. The van der Waals surface area contributed by atoms with Gasteiger partial charge in [-0.3, -0.25) is 14.3 Å². The third-order valence-electron chi connectivity index (χ3n) is 5.35. The number of rotatable bonds is 7. The number of carbonyl (C=O) groups excluding carboxylic acids is 2. The first kappa shape index (κ1) is 22.6. The molecule has 8 heteroatoms. The second kappa shape index (κ2) is 9.91. The highest BCUT2D eigenvalue weighted by atomic mass is 16.5. The molecule has 1 heterocycles. The van der Waals surface area contributed by atoms with Crippen molar-refractivity contribution in [2.24, 2.45) is 7.05 Å². The van der Waals surface area contributed by atoms with Gasteiger partial charge in [0.15, 0.2) is 6.61 Å². The molecule has 0 unspecified atom stereocenters. The van der Waals surface area contributed by atoms with E-state index in [1.54, 1.807) is 55.1 Å². The largest absolute Gasteiger partial charge is 0.452 e. The van der Waals surface area contributed by atoms with Gasteiger partial charge in [0.2, 0.25) is 0 Å². The molecule has 34 heavy (non-hydrogen) atoms. The smallest absolute Gasteiger partial charge is 0.340 e. The maximum Gasteiger partial charge on any atom is 0.340 e. The van der Waals surface area contributed by atoms with E-state index in [9.17, 15) is 14.4 Å². The van der Waals surface area contributed by atoms with E-state index in [0.29, 0.717) is 22.6 Å². The first-order valence-corrected chi connectivity index (χ1v) is 10.7. The molecular formula is C26H24N4O4. The zero-order valence-electron chi connectivity index (χ0n) is 18.8. The lowest BCUT2D eigenvalue weighted by Crippen LogP contribution is -2.26. The van der Waals surface area contributed by atoms with Gasteiger partial charge in [0.25, 0.3) is 11.5 Å². The summed E-state index contributed by atoms with van der Waals surface area (Å²) in [5, 5.41) is 5.76. The van der Waals surface area contributed by atoms with E-state index < -0.39 is 18.5 Å². The minimum absolute atomic E-state index is 0.138. The average Bonchev–Trinajstić information content (AvgIpc) is 3.07. The molecule has 0 aliphatic rings. The molecule has 0 saturated heterocycles. The Morgan fingerprint density at radius 3 is 2.21 bits per heavy atom. The first-order chi connectivity index (χ1) is 16.5. The van der Waals surface area contributed by atoms with Crippen molar-refractivity contribution in [3.8, 4) is 5.69 Å². The van der Waals surface area contributed by atoms with Crippen LogP contribution in [0.3, 0.4) is 0 Å². The number of aromatic nitrogens is 2. The minimum Gasteiger partial charge on any atom is -0.452 e. The van der Waals surface area contributed by atoms with Crippen LogP contribution in [-0.4, -0.2) is 27.8 Å². The topological polar surface area (TPSA) is 94.4 Å². The summed E-state index contributed by atoms with van der Waals surface area (Å²) in [6, 6.07) is 25.4. The lowest BCUT2D eigenvalue weighted by molar-refractivity contribution is -0.119. The van der Waals surface area contributed by atoms with Gasteiger partial charge in [-0.1, -0.05) is 48.5 Å². The van der Waals surface area contributed by atoms with Gasteiger partial charge >= 0.3 is 5.97 Å². The van der Waals surface area contributed by atoms with E-state index in [0.717, 1.165) is 5.69 Å². The number of esters is 1. The molecule has 8 nitrogen and oxygen atoms in total. The minimum atomic E-state index is -0.652. The van der Waals surface area contributed by atoms with Crippen molar-refractivity contribution in [3.63, 3.8) is 0 Å². The molecule has 0 spiro atoms. The number of hydrogen-bond acceptors (Lipinski definition) is 5. The normalized spacial score (nSPS) is 10.5. The van der Waals surface area contributed by atoms with Gasteiger partial charge in [0, 0.05) is 12.7 Å². The molecule has 0 bridgehead atoms. The number of amides is 1. The van der Waals surface area contributed by atoms with Crippen molar-refractivity contribution in [2.45, 2.75) is 6.92 Å². The molecule has 172 valence electrons. The molecule has 4 rings (SSSR count). The first-order valence-electron chi connectivity index (χ1n) is 10.7. The fourth-order valence-electron chi connectivity index (χ4n) is 3.54. The van der Waals surface area contributed by atoms with Crippen molar-refractivity contribution in [2.75, 3.05) is 17.2 Å². The maximum absolute atomic E-state index is 12.9. The lowest BCUT2D eigenvalue weighted by Gasteiger charge is -2.11. The van der Waals surface area contributed by atoms with E-state index in [-0.39, 0.29) is 11.2 Å². The number of anilines is 3. The fraction of sp³-hybridized carbons (Fsp3) is 0.115. The summed E-state index contributed by atoms with van der Waals surface area (Å²) in [5.41, 5.74) is 2.68. The quantitative estimate of drug-likeness (QED) is 0.410. The van der Waals surface area contributed by atoms with E-state index in [1.807, 2.05) is 48.5 Å². The summed E-state index contributed by atoms with van der Waals surface area (Å²) in [6.07, 6.45) is 0. The molecule has 0 aliphatic heterocycles. The monoisotopic (exact) mass is 456 g/mol. The summed E-state index contributed by atoms with van der Waals surface area (Å²) in [6.45, 7) is 1.20. The number of carbonyl (C=O) groups is 2. The molecule has 0 saturated carbocycles. The predicted octanol–water partition coefficient (Wildman–Crippen LogP) is 4.02. The van der Waals surface area contributed by atoms with Gasteiger partial charge in [0.05, 0.1) is 22.6 Å². The molecular weight excluding hydrogens is 432 g/mol. The highest BCUT2D eigenvalue weighted by Crippen LogP contribution is 2.21. The van der Waals surface area contributed by atoms with Crippen LogP contribution in [0.25, 0.3) is 5.69 Å². The van der Waals surface area contributed by atoms with E-state index >= 15 is 0 Å². The van der Waals surface area contributed by atoms with Crippen molar-refractivity contribution < 1.29 is 14.3 Å². The summed E-state index contributed by atoms with van der Waals surface area (Å²) in [7, 11) is 1.73. The van der Waals surface area contributed by atoms with Gasteiger partial charge < -0.3 is 15.4 Å². The summed E-state index contributed by atoms with van der Waals surface area (Å²) in [4.78, 5) is 38.1. The van der Waals surface area contributed by atoms with Gasteiger partial charge in [-0.2, -0.15) is 0 Å². The Morgan fingerprint density at radius 1 is 0.882 bits per heavy atom. The number of hydrogen-bond donors (Lipinski definition) is 2. The van der Waals surface area contributed by atoms with Crippen LogP contribution in [0.5, 0.6) is 0 Å². The zero-order chi connectivity index (χ0) is 24.1. The van der Waals surface area contributed by atoms with Gasteiger partial charge in [0.1, 0.15) is 5.69 Å². The lowest BCUT2D eigenvalue weighted by atomic mass is 10.1. The Balaban J connectivity index is 1.45. The Bertz CT molecular complexity index is 1380. The van der Waals surface area contributed by atoms with Crippen LogP contribution in [-0.2, 0) is 16.6 Å². The number of nitrogens with zero attached hydrogens (tertiary/aromatic N) is 2. The Kier molecular flexibility index (Phi) is 6.59. The number of ether oxygens (including phenoxy) is 1. The van der Waals surface area contributed by atoms with Crippen LogP contribution < -0.4 is 16.2 Å². The summed E-state index contributed by atoms with van der Waals surface area (Å²) in [5.74, 6) is -1.26. The SMILES string of the molecule is Cc1c(NC(=O)COC(=O)c2ccccc2Nc2ccccc2)c(=O)n(-c2ccccc2)n1C. The van der Waals surface area contributed by atoms with Gasteiger partial charge in [-0.15, -0.1) is 0 Å². The molecule has 0 atom stereocenters. The van der Waals surface area contributed by atoms with Crippen molar-refractivity contribution in [1.82, 2.24) is 9.36 Å². The van der Waals surface area contributed by atoms with E-state index in [1.165, 1.54) is 4.68 Å². The second-order valence-corrected chi connectivity index (χ2v) is 7.60. The van der Waals surface area contributed by atoms with Crippen LogP contribution in [0.1, 0.15) is 16.1 Å². The van der Waals surface area contributed by atoms with Crippen LogP contribution in [0.4, 0.5) is 17.1 Å². The number of para-hydroxylation sites is 3. The van der Waals surface area contributed by atoms with Gasteiger partial charge in [-0.25, -0.2) is 9.48 Å².